The first-order chi connectivity index (χ1) is 9.96. The van der Waals surface area contributed by atoms with E-state index in [0.29, 0.717) is 18.2 Å². The third-order valence-corrected chi connectivity index (χ3v) is 5.57. The standard InChI is InChI=1S/C15H24N2O3S/c1-11-4-3-5-13(8-11)17-21(18,19)15-7-6-12(10-16)9-14(15)20-2/h6-7,9,11,13,17H,3-5,8,10,16H2,1-2H3. The van der Waals surface area contributed by atoms with Gasteiger partial charge < -0.3 is 10.5 Å². The summed E-state index contributed by atoms with van der Waals surface area (Å²) in [5.41, 5.74) is 6.42. The van der Waals surface area contributed by atoms with Gasteiger partial charge in [0.1, 0.15) is 10.6 Å². The number of methoxy groups -OCH3 is 1. The maximum absolute atomic E-state index is 12.6. The van der Waals surface area contributed by atoms with Crippen LogP contribution in [0.2, 0.25) is 0 Å². The molecule has 1 saturated carbocycles. The van der Waals surface area contributed by atoms with Crippen LogP contribution >= 0.6 is 0 Å². The number of hydrogen-bond donors (Lipinski definition) is 2. The quantitative estimate of drug-likeness (QED) is 0.871. The Morgan fingerprint density at radius 3 is 2.76 bits per heavy atom. The Bertz CT molecular complexity index is 587. The highest BCUT2D eigenvalue weighted by atomic mass is 32.2. The lowest BCUT2D eigenvalue weighted by molar-refractivity contribution is 0.327. The van der Waals surface area contributed by atoms with E-state index in [1.54, 1.807) is 18.2 Å². The number of hydrogen-bond acceptors (Lipinski definition) is 4. The molecule has 0 radical (unpaired) electrons. The van der Waals surface area contributed by atoms with Crippen molar-refractivity contribution < 1.29 is 13.2 Å². The fourth-order valence-electron chi connectivity index (χ4n) is 2.89. The summed E-state index contributed by atoms with van der Waals surface area (Å²) in [6.45, 7) is 2.52. The molecule has 2 unspecified atom stereocenters. The molecule has 2 atom stereocenters. The summed E-state index contributed by atoms with van der Waals surface area (Å²) in [4.78, 5) is 0.181. The predicted octanol–water partition coefficient (Wildman–Crippen LogP) is 2.01. The van der Waals surface area contributed by atoms with Crippen LogP contribution in [-0.4, -0.2) is 21.6 Å². The van der Waals surface area contributed by atoms with Crippen molar-refractivity contribution in [3.8, 4) is 5.75 Å². The molecule has 1 fully saturated rings. The van der Waals surface area contributed by atoms with Gasteiger partial charge >= 0.3 is 0 Å². The van der Waals surface area contributed by atoms with Gasteiger partial charge in [-0.15, -0.1) is 0 Å². The van der Waals surface area contributed by atoms with E-state index in [4.69, 9.17) is 10.5 Å². The topological polar surface area (TPSA) is 81.4 Å². The minimum Gasteiger partial charge on any atom is -0.495 e. The van der Waals surface area contributed by atoms with Gasteiger partial charge in [-0.3, -0.25) is 0 Å². The van der Waals surface area contributed by atoms with Gasteiger partial charge in [0.15, 0.2) is 0 Å². The first kappa shape index (κ1) is 16.3. The van der Waals surface area contributed by atoms with Crippen molar-refractivity contribution in [1.29, 1.82) is 0 Å². The van der Waals surface area contributed by atoms with Gasteiger partial charge in [0.05, 0.1) is 7.11 Å². The lowest BCUT2D eigenvalue weighted by Gasteiger charge is -2.27. The second kappa shape index (κ2) is 6.77. The zero-order chi connectivity index (χ0) is 15.5. The van der Waals surface area contributed by atoms with Crippen LogP contribution in [0.25, 0.3) is 0 Å². The Morgan fingerprint density at radius 1 is 1.38 bits per heavy atom. The molecule has 118 valence electrons. The lowest BCUT2D eigenvalue weighted by atomic mass is 9.88. The summed E-state index contributed by atoms with van der Waals surface area (Å²) in [5, 5.41) is 0. The smallest absolute Gasteiger partial charge is 0.244 e. The number of sulfonamides is 1. The van der Waals surface area contributed by atoms with Gasteiger partial charge in [-0.25, -0.2) is 13.1 Å². The van der Waals surface area contributed by atoms with Crippen LogP contribution < -0.4 is 15.2 Å². The first-order valence-electron chi connectivity index (χ1n) is 7.35. The normalized spacial score (nSPS) is 23.0. The number of nitrogens with one attached hydrogen (secondary N) is 1. The molecule has 2 rings (SSSR count). The van der Waals surface area contributed by atoms with Gasteiger partial charge in [0, 0.05) is 12.6 Å². The molecular formula is C15H24N2O3S. The van der Waals surface area contributed by atoms with Crippen LogP contribution in [0.1, 0.15) is 38.2 Å². The van der Waals surface area contributed by atoms with Gasteiger partial charge in [-0.1, -0.05) is 25.8 Å². The van der Waals surface area contributed by atoms with Crippen LogP contribution in [0.5, 0.6) is 5.75 Å². The van der Waals surface area contributed by atoms with E-state index >= 15 is 0 Å². The van der Waals surface area contributed by atoms with E-state index in [2.05, 4.69) is 11.6 Å². The Balaban J connectivity index is 2.22. The molecule has 0 bridgehead atoms. The van der Waals surface area contributed by atoms with E-state index in [9.17, 15) is 8.42 Å². The average molecular weight is 312 g/mol. The van der Waals surface area contributed by atoms with Crippen molar-refractivity contribution >= 4 is 10.0 Å². The Kier molecular flexibility index (Phi) is 5.24. The maximum atomic E-state index is 12.6. The number of ether oxygens (including phenoxy) is 1. The minimum atomic E-state index is -3.57. The average Bonchev–Trinajstić information content (AvgIpc) is 2.46. The molecule has 0 saturated heterocycles. The third-order valence-electron chi connectivity index (χ3n) is 4.01. The molecule has 21 heavy (non-hydrogen) atoms. The predicted molar refractivity (Wildman–Crippen MR) is 82.6 cm³/mol. The summed E-state index contributed by atoms with van der Waals surface area (Å²) in [7, 11) is -2.10. The highest BCUT2D eigenvalue weighted by molar-refractivity contribution is 7.89. The lowest BCUT2D eigenvalue weighted by Crippen LogP contribution is -2.38. The van der Waals surface area contributed by atoms with Crippen molar-refractivity contribution in [3.05, 3.63) is 23.8 Å². The second-order valence-corrected chi connectivity index (χ2v) is 7.46. The SMILES string of the molecule is COc1cc(CN)ccc1S(=O)(=O)NC1CCCC(C)C1. The molecule has 1 aromatic carbocycles. The van der Waals surface area contributed by atoms with Crippen molar-refractivity contribution in [1.82, 2.24) is 4.72 Å². The van der Waals surface area contributed by atoms with Crippen molar-refractivity contribution in [2.75, 3.05) is 7.11 Å². The summed E-state index contributed by atoms with van der Waals surface area (Å²) in [5.74, 6) is 0.905. The Hall–Kier alpha value is -1.11. The molecule has 1 aromatic rings. The van der Waals surface area contributed by atoms with Gasteiger partial charge in [0.2, 0.25) is 10.0 Å². The molecule has 0 aromatic heterocycles. The molecule has 6 heteroatoms. The molecule has 5 nitrogen and oxygen atoms in total. The van der Waals surface area contributed by atoms with Crippen molar-refractivity contribution in [2.24, 2.45) is 11.7 Å². The van der Waals surface area contributed by atoms with Crippen LogP contribution in [0, 0.1) is 5.92 Å². The number of benzene rings is 1. The first-order valence-corrected chi connectivity index (χ1v) is 8.84. The molecule has 1 aliphatic rings. The molecule has 0 amide bonds. The van der Waals surface area contributed by atoms with E-state index in [1.165, 1.54) is 13.5 Å². The van der Waals surface area contributed by atoms with Crippen molar-refractivity contribution in [2.45, 2.75) is 50.1 Å². The summed E-state index contributed by atoms with van der Waals surface area (Å²) in [6, 6.07) is 4.98. The minimum absolute atomic E-state index is 0.0117. The van der Waals surface area contributed by atoms with Crippen LogP contribution in [-0.2, 0) is 16.6 Å². The van der Waals surface area contributed by atoms with Crippen molar-refractivity contribution in [3.63, 3.8) is 0 Å². The van der Waals surface area contributed by atoms with Crippen LogP contribution in [0.4, 0.5) is 0 Å². The zero-order valence-electron chi connectivity index (χ0n) is 12.6. The molecule has 1 aliphatic carbocycles. The molecular weight excluding hydrogens is 288 g/mol. The van der Waals surface area contributed by atoms with Crippen LogP contribution in [0.3, 0.4) is 0 Å². The molecule has 0 heterocycles. The Morgan fingerprint density at radius 2 is 2.14 bits per heavy atom. The fraction of sp³-hybridized carbons (Fsp3) is 0.600. The number of nitrogens with two attached hydrogens (primary N) is 1. The molecule has 3 N–H and O–H groups in total. The highest BCUT2D eigenvalue weighted by Gasteiger charge is 2.26. The van der Waals surface area contributed by atoms with Gasteiger partial charge in [-0.05, 0) is 36.5 Å². The maximum Gasteiger partial charge on any atom is 0.244 e. The summed E-state index contributed by atoms with van der Waals surface area (Å²) < 4.78 is 33.2. The Labute approximate surface area is 126 Å². The van der Waals surface area contributed by atoms with E-state index in [1.807, 2.05) is 0 Å². The summed E-state index contributed by atoms with van der Waals surface area (Å²) >= 11 is 0. The van der Waals surface area contributed by atoms with E-state index < -0.39 is 10.0 Å². The monoisotopic (exact) mass is 312 g/mol. The molecule has 0 aliphatic heterocycles. The van der Waals surface area contributed by atoms with Gasteiger partial charge in [0.25, 0.3) is 0 Å². The third kappa shape index (κ3) is 3.96. The fourth-order valence-corrected chi connectivity index (χ4v) is 4.32. The second-order valence-electron chi connectivity index (χ2n) is 5.78. The highest BCUT2D eigenvalue weighted by Crippen LogP contribution is 2.28. The van der Waals surface area contributed by atoms with E-state index in [-0.39, 0.29) is 10.9 Å². The molecule has 0 spiro atoms. The van der Waals surface area contributed by atoms with Gasteiger partial charge in [-0.2, -0.15) is 0 Å². The zero-order valence-corrected chi connectivity index (χ0v) is 13.4. The van der Waals surface area contributed by atoms with E-state index in [0.717, 1.165) is 24.8 Å². The largest absolute Gasteiger partial charge is 0.495 e. The summed E-state index contributed by atoms with van der Waals surface area (Å²) in [6.07, 6.45) is 4.03. The number of rotatable bonds is 5. The van der Waals surface area contributed by atoms with Crippen LogP contribution in [0.15, 0.2) is 23.1 Å².